The molecule has 2 heterocycles. The molecule has 0 fully saturated rings. The predicted molar refractivity (Wildman–Crippen MR) is 148 cm³/mol. The predicted octanol–water partition coefficient (Wildman–Crippen LogP) is 7.32. The van der Waals surface area contributed by atoms with Crippen LogP contribution in [0, 0.1) is 25.2 Å². The summed E-state index contributed by atoms with van der Waals surface area (Å²) in [6.07, 6.45) is 1.91. The van der Waals surface area contributed by atoms with Gasteiger partial charge in [0, 0.05) is 33.2 Å². The van der Waals surface area contributed by atoms with E-state index in [1.54, 1.807) is 37.3 Å². The first kappa shape index (κ1) is 26.2. The minimum Gasteiger partial charge on any atom is -0.493 e. The van der Waals surface area contributed by atoms with Crippen LogP contribution in [0.4, 0.5) is 0 Å². The summed E-state index contributed by atoms with van der Waals surface area (Å²) in [5.41, 5.74) is 10.0. The molecule has 0 saturated carbocycles. The van der Waals surface area contributed by atoms with Crippen molar-refractivity contribution < 1.29 is 23.4 Å². The molecule has 0 spiro atoms. The lowest BCUT2D eigenvalue weighted by atomic mass is 9.83. The Labute approximate surface area is 231 Å². The van der Waals surface area contributed by atoms with Crippen molar-refractivity contribution >= 4 is 28.5 Å². The van der Waals surface area contributed by atoms with Crippen LogP contribution < -0.4 is 19.9 Å². The molecule has 5 rings (SSSR count). The number of rotatable bonds is 7. The van der Waals surface area contributed by atoms with Gasteiger partial charge in [0.05, 0.1) is 12.5 Å². The quantitative estimate of drug-likeness (QED) is 0.148. The number of esters is 1. The van der Waals surface area contributed by atoms with Crippen molar-refractivity contribution in [2.45, 2.75) is 39.5 Å². The van der Waals surface area contributed by atoms with E-state index in [0.29, 0.717) is 39.8 Å². The zero-order valence-electron chi connectivity index (χ0n) is 21.8. The Bertz CT molecular complexity index is 1660. The molecule has 39 heavy (non-hydrogen) atoms. The van der Waals surface area contributed by atoms with E-state index in [4.69, 9.17) is 36.0 Å². The highest BCUT2D eigenvalue weighted by molar-refractivity contribution is 6.32. The second-order valence-corrected chi connectivity index (χ2v) is 9.81. The summed E-state index contributed by atoms with van der Waals surface area (Å²) in [6, 6.07) is 18.4. The number of benzene rings is 3. The molecule has 1 aliphatic rings. The summed E-state index contributed by atoms with van der Waals surface area (Å²) in [6.45, 7) is 6.30. The maximum Gasteiger partial charge on any atom is 0.379 e. The first-order chi connectivity index (χ1) is 18.8. The summed E-state index contributed by atoms with van der Waals surface area (Å²) in [5, 5.41) is 11.3. The van der Waals surface area contributed by atoms with E-state index in [1.807, 2.05) is 31.2 Å². The molecule has 3 aromatic carbocycles. The van der Waals surface area contributed by atoms with Gasteiger partial charge in [-0.15, -0.1) is 0 Å². The van der Waals surface area contributed by atoms with Crippen LogP contribution in [0.15, 0.2) is 70.5 Å². The first-order valence-electron chi connectivity index (χ1n) is 12.7. The van der Waals surface area contributed by atoms with E-state index in [-0.39, 0.29) is 23.0 Å². The number of hydrogen-bond acceptors (Lipinski definition) is 7. The fourth-order valence-electron chi connectivity index (χ4n) is 4.69. The Morgan fingerprint density at radius 1 is 1.13 bits per heavy atom. The summed E-state index contributed by atoms with van der Waals surface area (Å²) in [7, 11) is 0. The number of para-hydroxylation sites is 1. The first-order valence-corrected chi connectivity index (χ1v) is 13.0. The third-order valence-corrected chi connectivity index (χ3v) is 7.20. The van der Waals surface area contributed by atoms with E-state index in [2.05, 4.69) is 13.0 Å². The molecule has 1 atom stereocenters. The second kappa shape index (κ2) is 10.8. The average molecular weight is 543 g/mol. The third-order valence-electron chi connectivity index (χ3n) is 6.79. The number of fused-ring (bicyclic) bond motifs is 2. The molecule has 1 aromatic heterocycles. The largest absolute Gasteiger partial charge is 0.493 e. The van der Waals surface area contributed by atoms with Crippen LogP contribution in [0.25, 0.3) is 11.0 Å². The van der Waals surface area contributed by atoms with Gasteiger partial charge in [-0.1, -0.05) is 49.2 Å². The molecule has 0 saturated heterocycles. The van der Waals surface area contributed by atoms with Crippen LogP contribution >= 0.6 is 11.6 Å². The number of aryl methyl sites for hydroxylation is 2. The number of unbranched alkanes of at least 4 members (excludes halogenated alkanes) is 1. The highest BCUT2D eigenvalue weighted by Crippen LogP contribution is 2.46. The fraction of sp³-hybridized carbons (Fsp3) is 0.226. The van der Waals surface area contributed by atoms with Crippen molar-refractivity contribution in [2.24, 2.45) is 5.73 Å². The van der Waals surface area contributed by atoms with E-state index >= 15 is 0 Å². The molecule has 1 unspecified atom stereocenters. The molecular weight excluding hydrogens is 516 g/mol. The van der Waals surface area contributed by atoms with Crippen LogP contribution in [-0.4, -0.2) is 12.6 Å². The molecule has 0 radical (unpaired) electrons. The maximum atomic E-state index is 13.1. The van der Waals surface area contributed by atoms with E-state index < -0.39 is 11.9 Å². The highest BCUT2D eigenvalue weighted by Gasteiger charge is 2.33. The lowest BCUT2D eigenvalue weighted by Gasteiger charge is -2.28. The molecule has 0 aliphatic carbocycles. The van der Waals surface area contributed by atoms with Gasteiger partial charge in [0.1, 0.15) is 34.5 Å². The number of ether oxygens (including phenoxy) is 3. The van der Waals surface area contributed by atoms with Gasteiger partial charge in [0.15, 0.2) is 0 Å². The van der Waals surface area contributed by atoms with Gasteiger partial charge < -0.3 is 24.4 Å². The topological polar surface area (TPSA) is 108 Å². The van der Waals surface area contributed by atoms with Crippen molar-refractivity contribution in [3.05, 3.63) is 99.1 Å². The van der Waals surface area contributed by atoms with Gasteiger partial charge in [0.2, 0.25) is 11.6 Å². The summed E-state index contributed by atoms with van der Waals surface area (Å²) in [4.78, 5) is 13.1. The van der Waals surface area contributed by atoms with Crippen LogP contribution in [0.5, 0.6) is 17.2 Å². The molecule has 8 heteroatoms. The average Bonchev–Trinajstić information content (AvgIpc) is 3.23. The summed E-state index contributed by atoms with van der Waals surface area (Å²) < 4.78 is 23.3. The Morgan fingerprint density at radius 2 is 1.92 bits per heavy atom. The molecule has 1 aliphatic heterocycles. The van der Waals surface area contributed by atoms with Gasteiger partial charge in [-0.25, -0.2) is 4.79 Å². The summed E-state index contributed by atoms with van der Waals surface area (Å²) >= 11 is 6.26. The van der Waals surface area contributed by atoms with E-state index in [9.17, 15) is 10.1 Å². The molecule has 4 aromatic rings. The van der Waals surface area contributed by atoms with Crippen LogP contribution in [0.1, 0.15) is 58.5 Å². The van der Waals surface area contributed by atoms with Crippen molar-refractivity contribution in [2.75, 3.05) is 6.61 Å². The Morgan fingerprint density at radius 3 is 2.69 bits per heavy atom. The standard InChI is InChI=1S/C31H27ClN2O5/c1-4-5-12-36-25-9-7-6-8-20(25)28-21-11-10-19(14-27(21)39-30(34)23(28)16-33)37-31(35)29-18(3)22-15-24(32)17(2)13-26(22)38-29/h6-11,13-15,28H,4-5,12,34H2,1-3H3. The summed E-state index contributed by atoms with van der Waals surface area (Å²) in [5.74, 6) is 0.221. The van der Waals surface area contributed by atoms with Crippen molar-refractivity contribution in [1.82, 2.24) is 0 Å². The number of nitrogens with zero attached hydrogens (tertiary/aromatic N) is 1. The number of furan rings is 1. The van der Waals surface area contributed by atoms with Crippen molar-refractivity contribution in [1.29, 1.82) is 5.26 Å². The van der Waals surface area contributed by atoms with Crippen LogP contribution in [-0.2, 0) is 0 Å². The fourth-order valence-corrected chi connectivity index (χ4v) is 4.85. The highest BCUT2D eigenvalue weighted by atomic mass is 35.5. The number of carbonyl (C=O) groups is 1. The Hall–Kier alpha value is -4.41. The number of nitriles is 1. The van der Waals surface area contributed by atoms with Gasteiger partial charge in [0.25, 0.3) is 0 Å². The van der Waals surface area contributed by atoms with E-state index in [0.717, 1.165) is 29.4 Å². The molecule has 2 N–H and O–H groups in total. The zero-order chi connectivity index (χ0) is 27.7. The van der Waals surface area contributed by atoms with E-state index in [1.165, 1.54) is 0 Å². The second-order valence-electron chi connectivity index (χ2n) is 9.41. The molecule has 198 valence electrons. The SMILES string of the molecule is CCCCOc1ccccc1C1C(C#N)=C(N)Oc2cc(OC(=O)c3oc4cc(C)c(Cl)cc4c3C)ccc21. The number of carbonyl (C=O) groups excluding carboxylic acids is 1. The van der Waals surface area contributed by atoms with Gasteiger partial charge >= 0.3 is 5.97 Å². The molecule has 0 bridgehead atoms. The van der Waals surface area contributed by atoms with Crippen LogP contribution in [0.2, 0.25) is 5.02 Å². The van der Waals surface area contributed by atoms with Crippen molar-refractivity contribution in [3.8, 4) is 23.3 Å². The molecule has 7 nitrogen and oxygen atoms in total. The number of halogens is 1. The van der Waals surface area contributed by atoms with Gasteiger partial charge in [-0.05, 0) is 50.1 Å². The number of nitrogens with two attached hydrogens (primary N) is 1. The van der Waals surface area contributed by atoms with Crippen LogP contribution in [0.3, 0.4) is 0 Å². The normalized spacial score (nSPS) is 14.5. The lowest BCUT2D eigenvalue weighted by Crippen LogP contribution is -2.21. The minimum atomic E-state index is -0.652. The maximum absolute atomic E-state index is 13.1. The monoisotopic (exact) mass is 542 g/mol. The minimum absolute atomic E-state index is 0.0118. The molecule has 0 amide bonds. The van der Waals surface area contributed by atoms with Crippen molar-refractivity contribution in [3.63, 3.8) is 0 Å². The smallest absolute Gasteiger partial charge is 0.379 e. The third kappa shape index (κ3) is 4.91. The number of hydrogen-bond donors (Lipinski definition) is 1. The number of allylic oxidation sites excluding steroid dienone is 1. The Kier molecular flexibility index (Phi) is 7.23. The van der Waals surface area contributed by atoms with Gasteiger partial charge in [-0.2, -0.15) is 5.26 Å². The molecular formula is C31H27ClN2O5. The lowest BCUT2D eigenvalue weighted by molar-refractivity contribution is 0.0702. The Balaban J connectivity index is 1.48. The van der Waals surface area contributed by atoms with Gasteiger partial charge in [-0.3, -0.25) is 0 Å². The zero-order valence-corrected chi connectivity index (χ0v) is 22.6.